The molecule has 2 aliphatic carbocycles. The van der Waals surface area contributed by atoms with Crippen molar-refractivity contribution in [3.8, 4) is 0 Å². The fraction of sp³-hybridized carbons (Fsp3) is 0.643. The zero-order valence-corrected chi connectivity index (χ0v) is 10.1. The lowest BCUT2D eigenvalue weighted by atomic mass is 9.75. The molecule has 0 aliphatic heterocycles. The number of hydrogen-bond acceptors (Lipinski definition) is 1. The van der Waals surface area contributed by atoms with Gasteiger partial charge in [-0.2, -0.15) is 0 Å². The zero-order chi connectivity index (χ0) is 11.8. The molecule has 0 unspecified atom stereocenters. The molecule has 16 heavy (non-hydrogen) atoms. The minimum absolute atomic E-state index is 0.403. The lowest BCUT2D eigenvalue weighted by Gasteiger charge is -2.30. The van der Waals surface area contributed by atoms with Crippen LogP contribution >= 0.6 is 0 Å². The molecule has 0 aromatic heterocycles. The van der Waals surface area contributed by atoms with Gasteiger partial charge in [-0.25, -0.2) is 4.79 Å². The van der Waals surface area contributed by atoms with Gasteiger partial charge in [0.2, 0.25) is 0 Å². The zero-order valence-electron chi connectivity index (χ0n) is 10.1. The molecule has 2 rings (SSSR count). The Labute approximate surface area is 97.0 Å². The average Bonchev–Trinajstić information content (AvgIpc) is 2.58. The summed E-state index contributed by atoms with van der Waals surface area (Å²) in [5.41, 5.74) is 2.42. The summed E-state index contributed by atoms with van der Waals surface area (Å²) in [5.74, 6) is -0.0972. The third-order valence-corrected chi connectivity index (χ3v) is 4.16. The van der Waals surface area contributed by atoms with Gasteiger partial charge in [0.25, 0.3) is 0 Å². The van der Waals surface area contributed by atoms with Crippen LogP contribution < -0.4 is 0 Å². The van der Waals surface area contributed by atoms with Gasteiger partial charge in [0.05, 0.1) is 0 Å². The van der Waals surface area contributed by atoms with Crippen LogP contribution in [-0.2, 0) is 4.79 Å². The van der Waals surface area contributed by atoms with Crippen LogP contribution in [0.25, 0.3) is 0 Å². The summed E-state index contributed by atoms with van der Waals surface area (Å²) in [5, 5.41) is 8.89. The third kappa shape index (κ3) is 2.06. The summed E-state index contributed by atoms with van der Waals surface area (Å²) < 4.78 is 0. The van der Waals surface area contributed by atoms with Gasteiger partial charge in [-0.3, -0.25) is 0 Å². The van der Waals surface area contributed by atoms with Crippen molar-refractivity contribution in [3.05, 3.63) is 23.3 Å². The fourth-order valence-electron chi connectivity index (χ4n) is 3.14. The SMILES string of the molecule is CC1(C)CCC[C@@H]1C1=CC=C(C(=O)O)CC1. The first kappa shape index (κ1) is 11.4. The van der Waals surface area contributed by atoms with Crippen molar-refractivity contribution in [2.45, 2.75) is 46.0 Å². The van der Waals surface area contributed by atoms with Crippen LogP contribution in [0.2, 0.25) is 0 Å². The normalized spacial score (nSPS) is 28.5. The molecule has 2 heteroatoms. The lowest BCUT2D eigenvalue weighted by Crippen LogP contribution is -2.20. The second-order valence-corrected chi connectivity index (χ2v) is 5.67. The van der Waals surface area contributed by atoms with Crippen molar-refractivity contribution in [1.82, 2.24) is 0 Å². The van der Waals surface area contributed by atoms with Crippen molar-refractivity contribution in [2.24, 2.45) is 11.3 Å². The topological polar surface area (TPSA) is 37.3 Å². The summed E-state index contributed by atoms with van der Waals surface area (Å²) in [6, 6.07) is 0. The van der Waals surface area contributed by atoms with E-state index in [2.05, 4.69) is 19.9 Å². The Balaban J connectivity index is 2.16. The molecule has 2 aliphatic rings. The number of carbonyl (C=O) groups is 1. The standard InChI is InChI=1S/C14H20O2/c1-14(2)9-3-4-12(14)10-5-7-11(8-6-10)13(15)16/h5,7,12H,3-4,6,8-9H2,1-2H3,(H,15,16)/t12-/m1/s1. The van der Waals surface area contributed by atoms with E-state index in [4.69, 9.17) is 5.11 Å². The van der Waals surface area contributed by atoms with E-state index in [-0.39, 0.29) is 0 Å². The van der Waals surface area contributed by atoms with Gasteiger partial charge in [-0.05, 0) is 37.0 Å². The van der Waals surface area contributed by atoms with Gasteiger partial charge in [-0.1, -0.05) is 38.0 Å². The summed E-state index contributed by atoms with van der Waals surface area (Å²) in [4.78, 5) is 10.8. The highest BCUT2D eigenvalue weighted by molar-refractivity contribution is 5.87. The smallest absolute Gasteiger partial charge is 0.331 e. The Morgan fingerprint density at radius 2 is 2.12 bits per heavy atom. The van der Waals surface area contributed by atoms with Crippen molar-refractivity contribution in [2.75, 3.05) is 0 Å². The van der Waals surface area contributed by atoms with Crippen LogP contribution in [0.3, 0.4) is 0 Å². The molecule has 0 amide bonds. The van der Waals surface area contributed by atoms with Gasteiger partial charge in [0.15, 0.2) is 0 Å². The highest BCUT2D eigenvalue weighted by Gasteiger charge is 2.36. The number of carboxylic acid groups (broad SMARTS) is 1. The molecule has 2 nitrogen and oxygen atoms in total. The van der Waals surface area contributed by atoms with Crippen LogP contribution in [0, 0.1) is 11.3 Å². The molecule has 0 aromatic carbocycles. The third-order valence-electron chi connectivity index (χ3n) is 4.16. The number of allylic oxidation sites excluding steroid dienone is 3. The van der Waals surface area contributed by atoms with Gasteiger partial charge in [0, 0.05) is 5.57 Å². The molecule has 0 spiro atoms. The first-order valence-electron chi connectivity index (χ1n) is 6.13. The van der Waals surface area contributed by atoms with Crippen molar-refractivity contribution >= 4 is 5.97 Å². The molecule has 0 heterocycles. The van der Waals surface area contributed by atoms with Crippen molar-refractivity contribution < 1.29 is 9.90 Å². The molecular weight excluding hydrogens is 200 g/mol. The van der Waals surface area contributed by atoms with Crippen molar-refractivity contribution in [1.29, 1.82) is 0 Å². The van der Waals surface area contributed by atoms with E-state index in [9.17, 15) is 4.79 Å². The minimum Gasteiger partial charge on any atom is -0.478 e. The molecule has 0 aromatic rings. The Hall–Kier alpha value is -1.05. The van der Waals surface area contributed by atoms with E-state index < -0.39 is 5.97 Å². The van der Waals surface area contributed by atoms with Crippen LogP contribution in [-0.4, -0.2) is 11.1 Å². The maximum atomic E-state index is 10.8. The van der Waals surface area contributed by atoms with E-state index in [1.165, 1.54) is 24.8 Å². The van der Waals surface area contributed by atoms with E-state index in [1.807, 2.05) is 0 Å². The first-order valence-corrected chi connectivity index (χ1v) is 6.13. The Morgan fingerprint density at radius 1 is 1.38 bits per heavy atom. The number of rotatable bonds is 2. The highest BCUT2D eigenvalue weighted by Crippen LogP contribution is 2.48. The predicted molar refractivity (Wildman–Crippen MR) is 64.2 cm³/mol. The number of aliphatic carboxylic acids is 1. The summed E-state index contributed by atoms with van der Waals surface area (Å²) in [6.07, 6.45) is 9.38. The Kier molecular flexibility index (Phi) is 2.92. The first-order chi connectivity index (χ1) is 7.50. The molecule has 88 valence electrons. The second kappa shape index (κ2) is 4.08. The Morgan fingerprint density at radius 3 is 2.56 bits per heavy atom. The van der Waals surface area contributed by atoms with Crippen LogP contribution in [0.4, 0.5) is 0 Å². The predicted octanol–water partition coefficient (Wildman–Crippen LogP) is 3.54. The second-order valence-electron chi connectivity index (χ2n) is 5.67. The molecule has 1 saturated carbocycles. The van der Waals surface area contributed by atoms with E-state index in [1.54, 1.807) is 6.08 Å². The average molecular weight is 220 g/mol. The van der Waals surface area contributed by atoms with Gasteiger partial charge >= 0.3 is 5.97 Å². The lowest BCUT2D eigenvalue weighted by molar-refractivity contribution is -0.132. The van der Waals surface area contributed by atoms with E-state index in [0.29, 0.717) is 23.3 Å². The van der Waals surface area contributed by atoms with Gasteiger partial charge < -0.3 is 5.11 Å². The van der Waals surface area contributed by atoms with Crippen molar-refractivity contribution in [3.63, 3.8) is 0 Å². The van der Waals surface area contributed by atoms with Crippen LogP contribution in [0.1, 0.15) is 46.0 Å². The summed E-state index contributed by atoms with van der Waals surface area (Å²) in [7, 11) is 0. The number of carboxylic acids is 1. The molecule has 0 bridgehead atoms. The van der Waals surface area contributed by atoms with Gasteiger partial charge in [0.1, 0.15) is 0 Å². The molecule has 1 N–H and O–H groups in total. The monoisotopic (exact) mass is 220 g/mol. The fourth-order valence-corrected chi connectivity index (χ4v) is 3.14. The van der Waals surface area contributed by atoms with Crippen LogP contribution in [0.5, 0.6) is 0 Å². The molecule has 1 fully saturated rings. The van der Waals surface area contributed by atoms with Crippen LogP contribution in [0.15, 0.2) is 23.3 Å². The maximum Gasteiger partial charge on any atom is 0.331 e. The number of hydrogen-bond donors (Lipinski definition) is 1. The minimum atomic E-state index is -0.763. The van der Waals surface area contributed by atoms with E-state index >= 15 is 0 Å². The molecule has 1 atom stereocenters. The quantitative estimate of drug-likeness (QED) is 0.772. The van der Waals surface area contributed by atoms with Gasteiger partial charge in [-0.15, -0.1) is 0 Å². The molecular formula is C14H20O2. The van der Waals surface area contributed by atoms with E-state index in [0.717, 1.165) is 6.42 Å². The Bertz CT molecular complexity index is 361. The maximum absolute atomic E-state index is 10.8. The summed E-state index contributed by atoms with van der Waals surface area (Å²) >= 11 is 0. The highest BCUT2D eigenvalue weighted by atomic mass is 16.4. The molecule has 0 saturated heterocycles. The summed E-state index contributed by atoms with van der Waals surface area (Å²) in [6.45, 7) is 4.67. The largest absolute Gasteiger partial charge is 0.478 e. The molecule has 0 radical (unpaired) electrons.